The molecule has 0 bridgehead atoms. The van der Waals surface area contributed by atoms with E-state index in [1.165, 1.54) is 11.3 Å². The molecule has 94 valence electrons. The summed E-state index contributed by atoms with van der Waals surface area (Å²) in [5, 5.41) is 3.41. The first-order valence-electron chi connectivity index (χ1n) is 5.69. The molecule has 0 saturated carbocycles. The number of thiophene rings is 1. The van der Waals surface area contributed by atoms with Crippen LogP contribution in [-0.2, 0) is 0 Å². The number of aryl methyl sites for hydroxylation is 1. The van der Waals surface area contributed by atoms with Crippen LogP contribution < -0.4 is 5.32 Å². The maximum absolute atomic E-state index is 12.3. The highest BCUT2D eigenvalue weighted by Crippen LogP contribution is 2.28. The van der Waals surface area contributed by atoms with Crippen molar-refractivity contribution in [3.8, 4) is 0 Å². The molecule has 1 aliphatic rings. The number of amides is 1. The maximum atomic E-state index is 12.3. The van der Waals surface area contributed by atoms with Crippen LogP contribution in [0.3, 0.4) is 0 Å². The molecule has 2 heterocycles. The van der Waals surface area contributed by atoms with Gasteiger partial charge in [0.2, 0.25) is 0 Å². The van der Waals surface area contributed by atoms with Crippen molar-refractivity contribution in [2.45, 2.75) is 26.3 Å². The van der Waals surface area contributed by atoms with E-state index in [2.05, 4.69) is 35.1 Å². The average Bonchev–Trinajstić information content (AvgIpc) is 2.57. The Morgan fingerprint density at radius 1 is 1.59 bits per heavy atom. The van der Waals surface area contributed by atoms with Crippen LogP contribution in [0.15, 0.2) is 9.85 Å². The molecule has 0 unspecified atom stereocenters. The quantitative estimate of drug-likeness (QED) is 0.864. The Hall–Kier alpha value is -0.390. The van der Waals surface area contributed by atoms with Crippen LogP contribution in [0.1, 0.15) is 29.1 Å². The molecule has 1 amide bonds. The second-order valence-electron chi connectivity index (χ2n) is 5.10. The minimum atomic E-state index is 0.0114. The summed E-state index contributed by atoms with van der Waals surface area (Å²) in [6, 6.07) is 1.96. The monoisotopic (exact) mass is 316 g/mol. The number of carbonyl (C=O) groups excluding carboxylic acids is 1. The van der Waals surface area contributed by atoms with Gasteiger partial charge in [0.1, 0.15) is 0 Å². The summed E-state index contributed by atoms with van der Waals surface area (Å²) in [6.07, 6.45) is 0. The zero-order valence-corrected chi connectivity index (χ0v) is 12.7. The number of piperazine rings is 1. The summed E-state index contributed by atoms with van der Waals surface area (Å²) in [5.74, 6) is 0.151. The van der Waals surface area contributed by atoms with Crippen LogP contribution in [0.5, 0.6) is 0 Å². The SMILES string of the molecule is Cc1cc(C(=O)N2CCNC(C)(C)C2)sc1Br. The lowest BCUT2D eigenvalue weighted by atomic mass is 10.0. The first-order chi connectivity index (χ1) is 7.89. The van der Waals surface area contributed by atoms with Gasteiger partial charge in [-0.2, -0.15) is 0 Å². The molecular weight excluding hydrogens is 300 g/mol. The summed E-state index contributed by atoms with van der Waals surface area (Å²) < 4.78 is 1.05. The fourth-order valence-electron chi connectivity index (χ4n) is 2.04. The smallest absolute Gasteiger partial charge is 0.264 e. The number of halogens is 1. The van der Waals surface area contributed by atoms with Gasteiger partial charge in [0, 0.05) is 25.2 Å². The summed E-state index contributed by atoms with van der Waals surface area (Å²) >= 11 is 4.99. The van der Waals surface area contributed by atoms with Crippen molar-refractivity contribution in [1.82, 2.24) is 10.2 Å². The van der Waals surface area contributed by atoms with Gasteiger partial charge in [-0.15, -0.1) is 11.3 Å². The van der Waals surface area contributed by atoms with Gasteiger partial charge in [-0.25, -0.2) is 0 Å². The normalized spacial score (nSPS) is 19.4. The largest absolute Gasteiger partial charge is 0.335 e. The number of rotatable bonds is 1. The lowest BCUT2D eigenvalue weighted by Gasteiger charge is -2.38. The van der Waals surface area contributed by atoms with E-state index in [1.54, 1.807) is 0 Å². The Bertz CT molecular complexity index is 422. The fourth-order valence-corrected chi connectivity index (χ4v) is 3.54. The van der Waals surface area contributed by atoms with Crippen molar-refractivity contribution in [3.63, 3.8) is 0 Å². The lowest BCUT2D eigenvalue weighted by Crippen LogP contribution is -2.58. The minimum absolute atomic E-state index is 0.0114. The van der Waals surface area contributed by atoms with Crippen molar-refractivity contribution in [2.24, 2.45) is 0 Å². The van der Waals surface area contributed by atoms with E-state index in [9.17, 15) is 4.79 Å². The maximum Gasteiger partial charge on any atom is 0.264 e. The van der Waals surface area contributed by atoms with Gasteiger partial charge >= 0.3 is 0 Å². The van der Waals surface area contributed by atoms with Gasteiger partial charge in [-0.1, -0.05) is 0 Å². The van der Waals surface area contributed by atoms with Crippen LogP contribution in [-0.4, -0.2) is 36.0 Å². The molecule has 17 heavy (non-hydrogen) atoms. The molecule has 5 heteroatoms. The molecule has 1 N–H and O–H groups in total. The second-order valence-corrected chi connectivity index (χ2v) is 7.47. The second kappa shape index (κ2) is 4.71. The molecular formula is C12H17BrN2OS. The number of hydrogen-bond donors (Lipinski definition) is 1. The Morgan fingerprint density at radius 2 is 2.29 bits per heavy atom. The van der Waals surface area contributed by atoms with Gasteiger partial charge in [0.05, 0.1) is 8.66 Å². The molecule has 0 aromatic carbocycles. The van der Waals surface area contributed by atoms with E-state index in [4.69, 9.17) is 0 Å². The zero-order valence-electron chi connectivity index (χ0n) is 10.3. The molecule has 1 aliphatic heterocycles. The molecule has 0 atom stereocenters. The Balaban J connectivity index is 2.15. The molecule has 0 spiro atoms. The van der Waals surface area contributed by atoms with Gasteiger partial charge in [-0.05, 0) is 48.3 Å². The predicted molar refractivity (Wildman–Crippen MR) is 74.7 cm³/mol. The van der Waals surface area contributed by atoms with Gasteiger partial charge in [0.15, 0.2) is 0 Å². The Kier molecular flexibility index (Phi) is 3.61. The first kappa shape index (κ1) is 13.1. The van der Waals surface area contributed by atoms with Crippen molar-refractivity contribution in [2.75, 3.05) is 19.6 Å². The number of carbonyl (C=O) groups is 1. The Labute approximate surface area is 114 Å². The zero-order chi connectivity index (χ0) is 12.6. The van der Waals surface area contributed by atoms with E-state index < -0.39 is 0 Å². The van der Waals surface area contributed by atoms with Crippen LogP contribution in [0.2, 0.25) is 0 Å². The lowest BCUT2D eigenvalue weighted by molar-refractivity contribution is 0.0657. The fraction of sp³-hybridized carbons (Fsp3) is 0.583. The third-order valence-electron chi connectivity index (χ3n) is 2.93. The number of nitrogens with zero attached hydrogens (tertiary/aromatic N) is 1. The molecule has 2 rings (SSSR count). The van der Waals surface area contributed by atoms with Crippen LogP contribution in [0, 0.1) is 6.92 Å². The minimum Gasteiger partial charge on any atom is -0.335 e. The third-order valence-corrected chi connectivity index (χ3v) is 5.05. The topological polar surface area (TPSA) is 32.3 Å². The molecule has 1 saturated heterocycles. The molecule has 0 aliphatic carbocycles. The molecule has 1 aromatic heterocycles. The number of nitrogens with one attached hydrogen (secondary N) is 1. The third kappa shape index (κ3) is 2.89. The van der Waals surface area contributed by atoms with E-state index in [-0.39, 0.29) is 11.4 Å². The van der Waals surface area contributed by atoms with Gasteiger partial charge < -0.3 is 10.2 Å². The van der Waals surface area contributed by atoms with Crippen molar-refractivity contribution in [1.29, 1.82) is 0 Å². The van der Waals surface area contributed by atoms with E-state index >= 15 is 0 Å². The summed E-state index contributed by atoms with van der Waals surface area (Å²) in [6.45, 7) is 8.69. The molecule has 1 aromatic rings. The summed E-state index contributed by atoms with van der Waals surface area (Å²) in [5.41, 5.74) is 1.14. The summed E-state index contributed by atoms with van der Waals surface area (Å²) in [4.78, 5) is 15.1. The van der Waals surface area contributed by atoms with Crippen LogP contribution >= 0.6 is 27.3 Å². The highest BCUT2D eigenvalue weighted by Gasteiger charge is 2.29. The molecule has 1 fully saturated rings. The Morgan fingerprint density at radius 3 is 2.82 bits per heavy atom. The van der Waals surface area contributed by atoms with Crippen LogP contribution in [0.25, 0.3) is 0 Å². The van der Waals surface area contributed by atoms with Crippen LogP contribution in [0.4, 0.5) is 0 Å². The molecule has 3 nitrogen and oxygen atoms in total. The van der Waals surface area contributed by atoms with E-state index in [0.29, 0.717) is 0 Å². The predicted octanol–water partition coefficient (Wildman–Crippen LogP) is 2.64. The van der Waals surface area contributed by atoms with Crippen molar-refractivity contribution < 1.29 is 4.79 Å². The summed E-state index contributed by atoms with van der Waals surface area (Å²) in [7, 11) is 0. The van der Waals surface area contributed by atoms with Gasteiger partial charge in [-0.3, -0.25) is 4.79 Å². The van der Waals surface area contributed by atoms with E-state index in [1.807, 2.05) is 17.9 Å². The molecule has 0 radical (unpaired) electrons. The van der Waals surface area contributed by atoms with Crippen molar-refractivity contribution in [3.05, 3.63) is 20.3 Å². The first-order valence-corrected chi connectivity index (χ1v) is 7.30. The highest BCUT2D eigenvalue weighted by atomic mass is 79.9. The van der Waals surface area contributed by atoms with Crippen molar-refractivity contribution >= 4 is 33.2 Å². The number of hydrogen-bond acceptors (Lipinski definition) is 3. The highest BCUT2D eigenvalue weighted by molar-refractivity contribution is 9.11. The average molecular weight is 317 g/mol. The van der Waals surface area contributed by atoms with Gasteiger partial charge in [0.25, 0.3) is 5.91 Å². The van der Waals surface area contributed by atoms with E-state index in [0.717, 1.165) is 33.9 Å². The standard InChI is InChI=1S/C12H17BrN2OS/c1-8-6-9(17-10(8)13)11(16)15-5-4-14-12(2,3)7-15/h6,14H,4-5,7H2,1-3H3.